The average molecular weight is 227 g/mol. The number of carboxylic acid groups (broad SMARTS) is 1. The summed E-state index contributed by atoms with van der Waals surface area (Å²) in [5.41, 5.74) is 0.344. The molecule has 3 nitrogen and oxygen atoms in total. The summed E-state index contributed by atoms with van der Waals surface area (Å²) in [5, 5.41) is 8.87. The lowest BCUT2D eigenvalue weighted by molar-refractivity contribution is -0.138. The second-order valence-electron chi connectivity index (χ2n) is 6.01. The van der Waals surface area contributed by atoms with Crippen LogP contribution >= 0.6 is 0 Å². The summed E-state index contributed by atoms with van der Waals surface area (Å²) in [4.78, 5) is 13.1. The molecule has 1 aliphatic heterocycles. The summed E-state index contributed by atoms with van der Waals surface area (Å²) in [5.74, 6) is 0.0291. The molecule has 2 unspecified atom stereocenters. The summed E-state index contributed by atoms with van der Waals surface area (Å²) in [7, 11) is 0. The van der Waals surface area contributed by atoms with Crippen molar-refractivity contribution in [2.75, 3.05) is 13.1 Å². The minimum Gasteiger partial charge on any atom is -0.481 e. The third-order valence-corrected chi connectivity index (χ3v) is 3.84. The van der Waals surface area contributed by atoms with Crippen LogP contribution in [0.5, 0.6) is 0 Å². The van der Waals surface area contributed by atoms with E-state index in [4.69, 9.17) is 5.11 Å². The van der Waals surface area contributed by atoms with Crippen LogP contribution < -0.4 is 0 Å². The van der Waals surface area contributed by atoms with Gasteiger partial charge in [0.1, 0.15) is 0 Å². The van der Waals surface area contributed by atoms with Crippen LogP contribution in [0.1, 0.15) is 47.0 Å². The van der Waals surface area contributed by atoms with E-state index in [9.17, 15) is 4.79 Å². The fraction of sp³-hybridized carbons (Fsp3) is 0.923. The molecule has 0 aliphatic carbocycles. The second-order valence-corrected chi connectivity index (χ2v) is 6.01. The van der Waals surface area contributed by atoms with Crippen molar-refractivity contribution < 1.29 is 9.90 Å². The highest BCUT2D eigenvalue weighted by atomic mass is 16.4. The lowest BCUT2D eigenvalue weighted by Crippen LogP contribution is -2.36. The van der Waals surface area contributed by atoms with Crippen LogP contribution in [-0.4, -0.2) is 35.1 Å². The van der Waals surface area contributed by atoms with Crippen molar-refractivity contribution in [3.8, 4) is 0 Å². The largest absolute Gasteiger partial charge is 0.481 e. The summed E-state index contributed by atoms with van der Waals surface area (Å²) < 4.78 is 0. The molecule has 0 spiro atoms. The first-order chi connectivity index (χ1) is 7.34. The van der Waals surface area contributed by atoms with Crippen LogP contribution in [0.4, 0.5) is 0 Å². The lowest BCUT2D eigenvalue weighted by Gasteiger charge is -2.29. The van der Waals surface area contributed by atoms with E-state index in [1.807, 2.05) is 0 Å². The molecule has 1 rings (SSSR count). The number of carboxylic acids is 1. The summed E-state index contributed by atoms with van der Waals surface area (Å²) in [6.45, 7) is 11.0. The Labute approximate surface area is 98.8 Å². The predicted octanol–water partition coefficient (Wildman–Crippen LogP) is 2.61. The third kappa shape index (κ3) is 3.48. The lowest BCUT2D eigenvalue weighted by atomic mass is 9.80. The molecule has 0 bridgehead atoms. The molecule has 2 atom stereocenters. The van der Waals surface area contributed by atoms with E-state index in [0.29, 0.717) is 11.3 Å². The minimum atomic E-state index is -0.675. The van der Waals surface area contributed by atoms with E-state index in [1.54, 1.807) is 0 Å². The van der Waals surface area contributed by atoms with E-state index in [2.05, 4.69) is 32.6 Å². The van der Waals surface area contributed by atoms with Crippen LogP contribution in [0.3, 0.4) is 0 Å². The molecule has 1 fully saturated rings. The van der Waals surface area contributed by atoms with Gasteiger partial charge in [-0.1, -0.05) is 27.7 Å². The van der Waals surface area contributed by atoms with Crippen molar-refractivity contribution >= 4 is 5.97 Å². The van der Waals surface area contributed by atoms with E-state index >= 15 is 0 Å². The van der Waals surface area contributed by atoms with E-state index in [-0.39, 0.29) is 12.5 Å². The van der Waals surface area contributed by atoms with Gasteiger partial charge in [-0.15, -0.1) is 0 Å². The normalized spacial score (nSPS) is 24.6. The predicted molar refractivity (Wildman–Crippen MR) is 65.5 cm³/mol. The minimum absolute atomic E-state index is 0.227. The molecule has 1 saturated heterocycles. The summed E-state index contributed by atoms with van der Waals surface area (Å²) in [6, 6.07) is 0.227. The Kier molecular flexibility index (Phi) is 4.36. The Morgan fingerprint density at radius 2 is 2.12 bits per heavy atom. The first-order valence-corrected chi connectivity index (χ1v) is 6.30. The van der Waals surface area contributed by atoms with Crippen molar-refractivity contribution in [2.45, 2.75) is 53.0 Å². The number of rotatable bonds is 4. The average Bonchev–Trinajstić information content (AvgIpc) is 2.61. The van der Waals surface area contributed by atoms with Gasteiger partial charge in [-0.25, -0.2) is 0 Å². The topological polar surface area (TPSA) is 40.5 Å². The van der Waals surface area contributed by atoms with Crippen LogP contribution in [0.15, 0.2) is 0 Å². The van der Waals surface area contributed by atoms with E-state index in [0.717, 1.165) is 19.5 Å². The van der Waals surface area contributed by atoms with Gasteiger partial charge >= 0.3 is 5.97 Å². The molecule has 0 aromatic heterocycles. The van der Waals surface area contributed by atoms with Crippen molar-refractivity contribution in [2.24, 2.45) is 11.3 Å². The molecule has 94 valence electrons. The van der Waals surface area contributed by atoms with Gasteiger partial charge in [0, 0.05) is 12.6 Å². The SMILES string of the molecule is CCC(CC(=O)O)N1CCC(C(C)(C)C)C1. The van der Waals surface area contributed by atoms with E-state index < -0.39 is 5.97 Å². The number of likely N-dealkylation sites (tertiary alicyclic amines) is 1. The van der Waals surface area contributed by atoms with Gasteiger partial charge in [-0.2, -0.15) is 0 Å². The van der Waals surface area contributed by atoms with Crippen molar-refractivity contribution in [3.05, 3.63) is 0 Å². The van der Waals surface area contributed by atoms with Crippen LogP contribution in [0, 0.1) is 11.3 Å². The van der Waals surface area contributed by atoms with Crippen molar-refractivity contribution in [3.63, 3.8) is 0 Å². The summed E-state index contributed by atoms with van der Waals surface area (Å²) in [6.07, 6.45) is 2.43. The maximum Gasteiger partial charge on any atom is 0.304 e. The Balaban J connectivity index is 2.53. The molecule has 0 aromatic rings. The highest BCUT2D eigenvalue weighted by Gasteiger charge is 2.34. The number of hydrogen-bond donors (Lipinski definition) is 1. The highest BCUT2D eigenvalue weighted by molar-refractivity contribution is 5.67. The molecule has 1 N–H and O–H groups in total. The van der Waals surface area contributed by atoms with Gasteiger partial charge in [0.15, 0.2) is 0 Å². The Morgan fingerprint density at radius 3 is 2.50 bits per heavy atom. The molecule has 3 heteroatoms. The Morgan fingerprint density at radius 1 is 1.50 bits per heavy atom. The maximum atomic E-state index is 10.8. The monoisotopic (exact) mass is 227 g/mol. The fourth-order valence-electron chi connectivity index (χ4n) is 2.56. The second kappa shape index (κ2) is 5.17. The van der Waals surface area contributed by atoms with Crippen LogP contribution in [0.25, 0.3) is 0 Å². The Bertz CT molecular complexity index is 245. The zero-order chi connectivity index (χ0) is 12.3. The zero-order valence-corrected chi connectivity index (χ0v) is 11.0. The first-order valence-electron chi connectivity index (χ1n) is 6.30. The molecule has 0 aromatic carbocycles. The van der Waals surface area contributed by atoms with Crippen molar-refractivity contribution in [1.29, 1.82) is 0 Å². The third-order valence-electron chi connectivity index (χ3n) is 3.84. The van der Waals surface area contributed by atoms with Crippen LogP contribution in [-0.2, 0) is 4.79 Å². The van der Waals surface area contributed by atoms with Gasteiger partial charge in [0.25, 0.3) is 0 Å². The quantitative estimate of drug-likeness (QED) is 0.802. The van der Waals surface area contributed by atoms with Gasteiger partial charge in [0.2, 0.25) is 0 Å². The molecule has 0 amide bonds. The molecule has 1 aliphatic rings. The van der Waals surface area contributed by atoms with Crippen LogP contribution in [0.2, 0.25) is 0 Å². The van der Waals surface area contributed by atoms with E-state index in [1.165, 1.54) is 6.42 Å². The standard InChI is InChI=1S/C13H25NO2/c1-5-11(8-12(15)16)14-7-6-10(9-14)13(2,3)4/h10-11H,5-9H2,1-4H3,(H,15,16). The molecule has 1 heterocycles. The highest BCUT2D eigenvalue weighted by Crippen LogP contribution is 2.34. The molecule has 0 radical (unpaired) electrons. The number of nitrogens with zero attached hydrogens (tertiary/aromatic N) is 1. The van der Waals surface area contributed by atoms with Gasteiger partial charge in [0.05, 0.1) is 6.42 Å². The fourth-order valence-corrected chi connectivity index (χ4v) is 2.56. The Hall–Kier alpha value is -0.570. The first kappa shape index (κ1) is 13.5. The van der Waals surface area contributed by atoms with Crippen molar-refractivity contribution in [1.82, 2.24) is 4.90 Å². The van der Waals surface area contributed by atoms with Gasteiger partial charge in [-0.3, -0.25) is 9.69 Å². The zero-order valence-electron chi connectivity index (χ0n) is 11.0. The van der Waals surface area contributed by atoms with Gasteiger partial charge in [-0.05, 0) is 30.7 Å². The smallest absolute Gasteiger partial charge is 0.304 e. The molecule has 0 saturated carbocycles. The number of aliphatic carboxylic acids is 1. The molecule has 16 heavy (non-hydrogen) atoms. The summed E-state index contributed by atoms with van der Waals surface area (Å²) >= 11 is 0. The number of carbonyl (C=O) groups is 1. The van der Waals surface area contributed by atoms with Gasteiger partial charge < -0.3 is 5.11 Å². The molecular formula is C13H25NO2. The molecular weight excluding hydrogens is 202 g/mol. The number of hydrogen-bond acceptors (Lipinski definition) is 2. The maximum absolute atomic E-state index is 10.8.